The van der Waals surface area contributed by atoms with Crippen LogP contribution in [0.4, 0.5) is 0 Å². The van der Waals surface area contributed by atoms with Crippen LogP contribution in [0.15, 0.2) is 60.9 Å². The average Bonchev–Trinajstić information content (AvgIpc) is 2.48. The van der Waals surface area contributed by atoms with Crippen molar-refractivity contribution in [2.24, 2.45) is 0 Å². The van der Waals surface area contributed by atoms with Gasteiger partial charge in [0.2, 0.25) is 0 Å². The first kappa shape index (κ1) is 17.5. The molecule has 0 aliphatic heterocycles. The van der Waals surface area contributed by atoms with Gasteiger partial charge in [-0.15, -0.1) is 12.1 Å². The van der Waals surface area contributed by atoms with Crippen LogP contribution in [-0.2, 0) is 32.7 Å². The first-order chi connectivity index (χ1) is 9.33. The van der Waals surface area contributed by atoms with E-state index < -0.39 is 0 Å². The van der Waals surface area contributed by atoms with Gasteiger partial charge in [-0.2, -0.15) is 12.5 Å². The molecule has 0 N–H and O–H groups in total. The van der Waals surface area contributed by atoms with Crippen molar-refractivity contribution in [3.63, 3.8) is 0 Å². The third-order valence-corrected chi connectivity index (χ3v) is 2.74. The van der Waals surface area contributed by atoms with Gasteiger partial charge < -0.3 is 7.43 Å². The van der Waals surface area contributed by atoms with Crippen molar-refractivity contribution in [1.82, 2.24) is 15.0 Å². The monoisotopic (exact) mass is 350 g/mol. The minimum atomic E-state index is 0. The SMILES string of the molecule is [CH2-]c1cc(-c2ccccn2)nc(-c2ccccn2)c1.[CH3-].[Y]. The van der Waals surface area contributed by atoms with Crippen LogP contribution < -0.4 is 0 Å². The molecular weight excluding hydrogens is 335 g/mol. The molecule has 0 fully saturated rings. The summed E-state index contributed by atoms with van der Waals surface area (Å²) in [6.07, 6.45) is 3.51. The van der Waals surface area contributed by atoms with E-state index in [2.05, 4.69) is 21.9 Å². The van der Waals surface area contributed by atoms with E-state index in [1.807, 2.05) is 48.5 Å². The van der Waals surface area contributed by atoms with Gasteiger partial charge in [-0.05, 0) is 24.3 Å². The molecule has 3 rings (SSSR count). The summed E-state index contributed by atoms with van der Waals surface area (Å²) in [5, 5.41) is 0. The van der Waals surface area contributed by atoms with Gasteiger partial charge in [-0.1, -0.05) is 12.1 Å². The van der Waals surface area contributed by atoms with Crippen molar-refractivity contribution in [3.8, 4) is 22.8 Å². The summed E-state index contributed by atoms with van der Waals surface area (Å²) >= 11 is 0. The second kappa shape index (κ2) is 8.01. The Morgan fingerprint density at radius 2 is 1.19 bits per heavy atom. The number of aromatic nitrogens is 3. The normalized spacial score (nSPS) is 9.33. The third-order valence-electron chi connectivity index (χ3n) is 2.74. The molecule has 3 heterocycles. The summed E-state index contributed by atoms with van der Waals surface area (Å²) in [4.78, 5) is 13.2. The van der Waals surface area contributed by atoms with Crippen molar-refractivity contribution < 1.29 is 32.7 Å². The molecule has 0 aliphatic carbocycles. The Morgan fingerprint density at radius 3 is 1.57 bits per heavy atom. The van der Waals surface area contributed by atoms with Gasteiger partial charge in [-0.3, -0.25) is 15.0 Å². The zero-order valence-corrected chi connectivity index (χ0v) is 14.7. The molecule has 1 radical (unpaired) electrons. The Kier molecular flexibility index (Phi) is 6.67. The van der Waals surface area contributed by atoms with Gasteiger partial charge in [0.05, 0.1) is 11.4 Å². The molecular formula is C17H15N3Y-2. The number of hydrogen-bond donors (Lipinski definition) is 0. The third kappa shape index (κ3) is 4.19. The van der Waals surface area contributed by atoms with Crippen LogP contribution in [0.5, 0.6) is 0 Å². The largest absolute Gasteiger partial charge is 0.358 e. The smallest absolute Gasteiger partial charge is 0.0761 e. The maximum Gasteiger partial charge on any atom is 0.0761 e. The van der Waals surface area contributed by atoms with Crippen molar-refractivity contribution in [3.05, 3.63) is 80.8 Å². The average molecular weight is 350 g/mol. The summed E-state index contributed by atoms with van der Waals surface area (Å²) in [6.45, 7) is 4.00. The molecule has 21 heavy (non-hydrogen) atoms. The first-order valence-electron chi connectivity index (χ1n) is 6.00. The van der Waals surface area contributed by atoms with Crippen molar-refractivity contribution >= 4 is 0 Å². The Bertz CT molecular complexity index is 627. The molecule has 4 heteroatoms. The fourth-order valence-corrected chi connectivity index (χ4v) is 1.88. The second-order valence-electron chi connectivity index (χ2n) is 4.18. The molecule has 0 atom stereocenters. The Morgan fingerprint density at radius 1 is 0.714 bits per heavy atom. The van der Waals surface area contributed by atoms with Gasteiger partial charge in [0.25, 0.3) is 0 Å². The van der Waals surface area contributed by atoms with Crippen molar-refractivity contribution in [2.45, 2.75) is 0 Å². The Hall–Kier alpha value is -1.58. The van der Waals surface area contributed by atoms with Crippen molar-refractivity contribution in [2.75, 3.05) is 0 Å². The topological polar surface area (TPSA) is 38.7 Å². The molecule has 103 valence electrons. The maximum absolute atomic E-state index is 4.61. The molecule has 0 bridgehead atoms. The molecule has 0 aromatic carbocycles. The molecule has 0 amide bonds. The molecule has 0 saturated heterocycles. The summed E-state index contributed by atoms with van der Waals surface area (Å²) in [7, 11) is 0. The minimum absolute atomic E-state index is 0. The molecule has 0 aliphatic rings. The Balaban J connectivity index is 0.00000110. The molecule has 0 saturated carbocycles. The number of nitrogens with zero attached hydrogens (tertiary/aromatic N) is 3. The number of hydrogen-bond acceptors (Lipinski definition) is 3. The van der Waals surface area contributed by atoms with E-state index in [0.717, 1.165) is 28.3 Å². The number of rotatable bonds is 2. The van der Waals surface area contributed by atoms with Crippen molar-refractivity contribution in [1.29, 1.82) is 0 Å². The quantitative estimate of drug-likeness (QED) is 0.660. The molecule has 0 unspecified atom stereocenters. The Labute approximate surface area is 150 Å². The van der Waals surface area contributed by atoms with E-state index in [4.69, 9.17) is 0 Å². The van der Waals surface area contributed by atoms with Gasteiger partial charge >= 0.3 is 0 Å². The van der Waals surface area contributed by atoms with Crippen LogP contribution in [0.25, 0.3) is 22.8 Å². The molecule has 3 nitrogen and oxygen atoms in total. The van der Waals surface area contributed by atoms with Gasteiger partial charge in [-0.25, -0.2) is 0 Å². The predicted molar refractivity (Wildman–Crippen MR) is 81.6 cm³/mol. The summed E-state index contributed by atoms with van der Waals surface area (Å²) in [5.74, 6) is 0. The molecule has 3 aromatic heterocycles. The summed E-state index contributed by atoms with van der Waals surface area (Å²) in [6, 6.07) is 15.4. The van der Waals surface area contributed by atoms with Crippen LogP contribution >= 0.6 is 0 Å². The molecule has 0 spiro atoms. The fraction of sp³-hybridized carbons (Fsp3) is 0. The first-order valence-corrected chi connectivity index (χ1v) is 6.00. The summed E-state index contributed by atoms with van der Waals surface area (Å²) < 4.78 is 0. The van der Waals surface area contributed by atoms with Gasteiger partial charge in [0.15, 0.2) is 0 Å². The van der Waals surface area contributed by atoms with E-state index in [-0.39, 0.29) is 40.1 Å². The van der Waals surface area contributed by atoms with E-state index in [9.17, 15) is 0 Å². The second-order valence-corrected chi connectivity index (χ2v) is 4.18. The van der Waals surface area contributed by atoms with E-state index in [1.54, 1.807) is 12.4 Å². The zero-order chi connectivity index (χ0) is 13.1. The van der Waals surface area contributed by atoms with Gasteiger partial charge in [0.1, 0.15) is 0 Å². The molecule has 3 aromatic rings. The predicted octanol–water partition coefficient (Wildman–Crippen LogP) is 3.84. The van der Waals surface area contributed by atoms with E-state index in [0.29, 0.717) is 0 Å². The van der Waals surface area contributed by atoms with Crippen LogP contribution in [0.3, 0.4) is 0 Å². The number of pyridine rings is 3. The van der Waals surface area contributed by atoms with Crippen LogP contribution in [0.2, 0.25) is 0 Å². The van der Waals surface area contributed by atoms with Crippen LogP contribution in [-0.4, -0.2) is 15.0 Å². The van der Waals surface area contributed by atoms with Crippen LogP contribution in [0, 0.1) is 14.4 Å². The van der Waals surface area contributed by atoms with Gasteiger partial charge in [0, 0.05) is 56.5 Å². The summed E-state index contributed by atoms with van der Waals surface area (Å²) in [5.41, 5.74) is 4.20. The van der Waals surface area contributed by atoms with E-state index >= 15 is 0 Å². The van der Waals surface area contributed by atoms with Crippen LogP contribution in [0.1, 0.15) is 5.56 Å². The standard InChI is InChI=1S/C16H12N3.CH3.Y/c1-12-10-15(13-6-2-4-8-17-13)19-16(11-12)14-7-3-5-9-18-14;;/h2-11H,1H2;1H3;/q2*-1;. The zero-order valence-electron chi connectivity index (χ0n) is 11.9. The minimum Gasteiger partial charge on any atom is -0.358 e. The van der Waals surface area contributed by atoms with E-state index in [1.165, 1.54) is 0 Å². The maximum atomic E-state index is 4.61. The fourth-order valence-electron chi connectivity index (χ4n) is 1.88.